The summed E-state index contributed by atoms with van der Waals surface area (Å²) in [4.78, 5) is 0. The molecule has 2 heterocycles. The van der Waals surface area contributed by atoms with E-state index in [1.165, 1.54) is 19.3 Å². The van der Waals surface area contributed by atoms with Crippen molar-refractivity contribution in [1.29, 1.82) is 0 Å². The second-order valence-electron chi connectivity index (χ2n) is 8.43. The smallest absolute Gasteiger partial charge is 0.169 e. The van der Waals surface area contributed by atoms with E-state index in [4.69, 9.17) is 14.2 Å². The molecule has 0 aromatic heterocycles. The Hall–Kier alpha value is -1.46. The van der Waals surface area contributed by atoms with Crippen LogP contribution in [0, 0.1) is 5.92 Å². The number of nitrogens with one attached hydrogen (secondary N) is 1. The average Bonchev–Trinajstić information content (AvgIpc) is 3.09. The molecule has 3 aliphatic rings. The van der Waals surface area contributed by atoms with Crippen molar-refractivity contribution in [3.63, 3.8) is 0 Å². The molecule has 1 aromatic carbocycles. The Morgan fingerprint density at radius 2 is 2.11 bits per heavy atom. The molecular weight excluding hydrogens is 342 g/mol. The Balaban J connectivity index is 1.51. The average molecular weight is 376 g/mol. The molecule has 150 valence electrons. The van der Waals surface area contributed by atoms with Crippen LogP contribution < -0.4 is 10.1 Å². The molecule has 1 aromatic rings. The zero-order valence-corrected chi connectivity index (χ0v) is 16.6. The molecular formula is C22H33NO4. The third kappa shape index (κ3) is 3.90. The molecule has 1 aliphatic carbocycles. The van der Waals surface area contributed by atoms with E-state index < -0.39 is 5.79 Å². The van der Waals surface area contributed by atoms with Gasteiger partial charge in [0.1, 0.15) is 11.5 Å². The maximum Gasteiger partial charge on any atom is 0.169 e. The van der Waals surface area contributed by atoms with E-state index in [-0.39, 0.29) is 12.0 Å². The Labute approximate surface area is 162 Å². The molecule has 27 heavy (non-hydrogen) atoms. The molecule has 1 saturated carbocycles. The first-order chi connectivity index (χ1) is 13.1. The van der Waals surface area contributed by atoms with Crippen molar-refractivity contribution < 1.29 is 19.3 Å². The Kier molecular flexibility index (Phi) is 5.51. The fourth-order valence-corrected chi connectivity index (χ4v) is 4.98. The first-order valence-electron chi connectivity index (χ1n) is 10.7. The highest BCUT2D eigenvalue weighted by molar-refractivity contribution is 5.64. The van der Waals surface area contributed by atoms with Gasteiger partial charge in [-0.15, -0.1) is 0 Å². The predicted octanol–water partition coefficient (Wildman–Crippen LogP) is 4.79. The Bertz CT molecular complexity index is 656. The van der Waals surface area contributed by atoms with E-state index in [0.29, 0.717) is 24.9 Å². The molecule has 2 aliphatic heterocycles. The van der Waals surface area contributed by atoms with Gasteiger partial charge in [0.15, 0.2) is 5.79 Å². The van der Waals surface area contributed by atoms with Gasteiger partial charge >= 0.3 is 0 Å². The molecule has 0 bridgehead atoms. The van der Waals surface area contributed by atoms with Crippen LogP contribution in [0.5, 0.6) is 11.5 Å². The number of benzene rings is 1. The minimum Gasteiger partial charge on any atom is -0.507 e. The maximum atomic E-state index is 10.8. The fourth-order valence-electron chi connectivity index (χ4n) is 4.98. The molecule has 4 rings (SSSR count). The Morgan fingerprint density at radius 1 is 1.30 bits per heavy atom. The summed E-state index contributed by atoms with van der Waals surface area (Å²) in [7, 11) is 0. The minimum absolute atomic E-state index is 0.156. The summed E-state index contributed by atoms with van der Waals surface area (Å²) < 4.78 is 18.0. The van der Waals surface area contributed by atoms with Crippen molar-refractivity contribution in [2.45, 2.75) is 76.6 Å². The number of hydrogen-bond acceptors (Lipinski definition) is 5. The van der Waals surface area contributed by atoms with Crippen LogP contribution in [0.3, 0.4) is 0 Å². The molecule has 3 atom stereocenters. The van der Waals surface area contributed by atoms with Crippen molar-refractivity contribution in [3.8, 4) is 11.5 Å². The van der Waals surface area contributed by atoms with Crippen LogP contribution in [0.15, 0.2) is 12.1 Å². The van der Waals surface area contributed by atoms with E-state index in [0.717, 1.165) is 49.2 Å². The summed E-state index contributed by atoms with van der Waals surface area (Å²) in [5, 5.41) is 14.4. The number of aromatic hydroxyl groups is 1. The summed E-state index contributed by atoms with van der Waals surface area (Å²) >= 11 is 0. The van der Waals surface area contributed by atoms with Gasteiger partial charge in [-0.05, 0) is 38.0 Å². The van der Waals surface area contributed by atoms with Crippen LogP contribution in [0.25, 0.3) is 0 Å². The lowest BCUT2D eigenvalue weighted by molar-refractivity contribution is -0.186. The van der Waals surface area contributed by atoms with E-state index >= 15 is 0 Å². The van der Waals surface area contributed by atoms with Crippen LogP contribution in [-0.4, -0.2) is 36.8 Å². The molecule has 0 amide bonds. The molecule has 5 heteroatoms. The number of hydrogen-bond donors (Lipinski definition) is 2. The number of ether oxygens (including phenoxy) is 3. The van der Waals surface area contributed by atoms with Crippen molar-refractivity contribution in [3.05, 3.63) is 17.7 Å². The number of unbranched alkanes of at least 4 members (excludes halogenated alkanes) is 2. The number of rotatable bonds is 6. The highest BCUT2D eigenvalue weighted by Gasteiger charge is 2.47. The lowest BCUT2D eigenvalue weighted by Gasteiger charge is -2.44. The van der Waals surface area contributed by atoms with E-state index in [1.807, 2.05) is 0 Å². The SMILES string of the molecule is CCCCCC(C)Oc1cc(O)c2c(c1)NCC1CCC3(CC21)OCCO3. The third-order valence-corrected chi connectivity index (χ3v) is 6.42. The summed E-state index contributed by atoms with van der Waals surface area (Å²) in [6.07, 6.45) is 7.66. The number of phenols is 1. The molecule has 2 fully saturated rings. The first kappa shape index (κ1) is 18.9. The van der Waals surface area contributed by atoms with Crippen LogP contribution in [0.2, 0.25) is 0 Å². The van der Waals surface area contributed by atoms with Crippen molar-refractivity contribution in [1.82, 2.24) is 0 Å². The van der Waals surface area contributed by atoms with Crippen LogP contribution >= 0.6 is 0 Å². The zero-order valence-electron chi connectivity index (χ0n) is 16.6. The van der Waals surface area contributed by atoms with Crippen LogP contribution in [0.4, 0.5) is 5.69 Å². The van der Waals surface area contributed by atoms with Crippen molar-refractivity contribution >= 4 is 5.69 Å². The van der Waals surface area contributed by atoms with E-state index in [9.17, 15) is 5.11 Å². The van der Waals surface area contributed by atoms with Gasteiger partial charge in [0.25, 0.3) is 0 Å². The van der Waals surface area contributed by atoms with Gasteiger partial charge in [-0.25, -0.2) is 0 Å². The van der Waals surface area contributed by atoms with Crippen molar-refractivity contribution in [2.75, 3.05) is 25.1 Å². The van der Waals surface area contributed by atoms with Gasteiger partial charge in [0, 0.05) is 42.8 Å². The van der Waals surface area contributed by atoms with Crippen molar-refractivity contribution in [2.24, 2.45) is 5.92 Å². The zero-order chi connectivity index (χ0) is 18.9. The maximum absolute atomic E-state index is 10.8. The summed E-state index contributed by atoms with van der Waals surface area (Å²) in [6.45, 7) is 6.61. The van der Waals surface area contributed by atoms with Gasteiger partial charge < -0.3 is 24.6 Å². The third-order valence-electron chi connectivity index (χ3n) is 6.42. The monoisotopic (exact) mass is 375 g/mol. The number of fused-ring (bicyclic) bond motifs is 3. The standard InChI is InChI=1S/C22H33NO4/c1-3-4-5-6-15(2)27-17-11-19-21(20(24)12-17)18-13-22(25-9-10-26-22)8-7-16(18)14-23-19/h11-12,15-16,18,23-24H,3-10,13-14H2,1-2H3. The quantitative estimate of drug-likeness (QED) is 0.700. The van der Waals surface area contributed by atoms with Gasteiger partial charge in [0.05, 0.1) is 19.3 Å². The minimum atomic E-state index is -0.439. The summed E-state index contributed by atoms with van der Waals surface area (Å²) in [5.41, 5.74) is 2.01. The highest BCUT2D eigenvalue weighted by atomic mass is 16.7. The van der Waals surface area contributed by atoms with E-state index in [2.05, 4.69) is 25.2 Å². The fraction of sp³-hybridized carbons (Fsp3) is 0.727. The molecule has 5 nitrogen and oxygen atoms in total. The van der Waals surface area contributed by atoms with Crippen LogP contribution in [0.1, 0.15) is 70.3 Å². The molecule has 0 radical (unpaired) electrons. The van der Waals surface area contributed by atoms with Gasteiger partial charge in [-0.3, -0.25) is 0 Å². The second-order valence-corrected chi connectivity index (χ2v) is 8.43. The highest BCUT2D eigenvalue weighted by Crippen LogP contribution is 2.53. The predicted molar refractivity (Wildman–Crippen MR) is 106 cm³/mol. The number of anilines is 1. The second kappa shape index (κ2) is 7.88. The topological polar surface area (TPSA) is 60.0 Å². The summed E-state index contributed by atoms with van der Waals surface area (Å²) in [6, 6.07) is 3.84. The molecule has 1 spiro atoms. The van der Waals surface area contributed by atoms with E-state index in [1.54, 1.807) is 6.07 Å². The molecule has 1 saturated heterocycles. The lowest BCUT2D eigenvalue weighted by Crippen LogP contribution is -2.43. The number of phenolic OH excluding ortho intramolecular Hbond substituents is 1. The Morgan fingerprint density at radius 3 is 2.89 bits per heavy atom. The first-order valence-corrected chi connectivity index (χ1v) is 10.7. The largest absolute Gasteiger partial charge is 0.507 e. The van der Waals surface area contributed by atoms with Gasteiger partial charge in [-0.2, -0.15) is 0 Å². The van der Waals surface area contributed by atoms with Gasteiger partial charge in [-0.1, -0.05) is 19.8 Å². The normalized spacial score (nSPS) is 26.9. The van der Waals surface area contributed by atoms with Crippen LogP contribution in [-0.2, 0) is 9.47 Å². The summed E-state index contributed by atoms with van der Waals surface area (Å²) in [5.74, 6) is 1.43. The lowest BCUT2D eigenvalue weighted by atomic mass is 9.70. The van der Waals surface area contributed by atoms with Gasteiger partial charge in [0.2, 0.25) is 0 Å². The molecule has 2 N–H and O–H groups in total. The molecule has 3 unspecified atom stereocenters.